The molecular formula is C43H29N5. The molecule has 0 unspecified atom stereocenters. The van der Waals surface area contributed by atoms with Crippen molar-refractivity contribution in [3.05, 3.63) is 176 Å². The molecule has 226 valence electrons. The first-order chi connectivity index (χ1) is 23.8. The van der Waals surface area contributed by atoms with Gasteiger partial charge in [-0.3, -0.25) is 9.97 Å². The van der Waals surface area contributed by atoms with Crippen LogP contribution in [0.5, 0.6) is 0 Å². The van der Waals surface area contributed by atoms with Gasteiger partial charge in [0.05, 0.1) is 11.4 Å². The van der Waals surface area contributed by atoms with Gasteiger partial charge in [-0.15, -0.1) is 0 Å². The molecule has 0 aliphatic rings. The zero-order chi connectivity index (χ0) is 32.1. The van der Waals surface area contributed by atoms with Crippen molar-refractivity contribution in [1.29, 1.82) is 0 Å². The molecule has 0 N–H and O–H groups in total. The Balaban J connectivity index is 1.07. The summed E-state index contributed by atoms with van der Waals surface area (Å²) in [5.41, 5.74) is 11.3. The molecule has 0 aliphatic carbocycles. The van der Waals surface area contributed by atoms with E-state index in [1.807, 2.05) is 66.9 Å². The van der Waals surface area contributed by atoms with Crippen LogP contribution in [0.4, 0.5) is 0 Å². The molecule has 0 spiro atoms. The van der Waals surface area contributed by atoms with E-state index in [0.29, 0.717) is 17.5 Å². The van der Waals surface area contributed by atoms with E-state index in [0.717, 1.165) is 55.9 Å². The molecule has 48 heavy (non-hydrogen) atoms. The molecule has 0 saturated heterocycles. The first kappa shape index (κ1) is 28.9. The SMILES string of the molecule is c1ccc(-c2ccc(-c3nc(-c4ccccc4)nc(-c4ccc(-c5ccc(-c6ccc(-c7ccccn7)nc6)cc5)cc4)n3)cc2)cc1. The summed E-state index contributed by atoms with van der Waals surface area (Å²) in [4.78, 5) is 23.8. The summed E-state index contributed by atoms with van der Waals surface area (Å²) in [5, 5.41) is 0. The number of rotatable bonds is 7. The van der Waals surface area contributed by atoms with Crippen LogP contribution in [-0.2, 0) is 0 Å². The predicted molar refractivity (Wildman–Crippen MR) is 193 cm³/mol. The van der Waals surface area contributed by atoms with E-state index >= 15 is 0 Å². The minimum Gasteiger partial charge on any atom is -0.255 e. The fourth-order valence-corrected chi connectivity index (χ4v) is 5.69. The standard InChI is InChI=1S/C43H29N5/c1-3-9-30(10-4-1)31-18-22-36(23-19-31)42-46-41(35-11-5-2-6-12-35)47-43(48-42)37-24-20-33(21-25-37)32-14-16-34(17-15-32)38-26-27-40(45-29-38)39-13-7-8-28-44-39/h1-29H. The minimum atomic E-state index is 0.634. The van der Waals surface area contributed by atoms with Gasteiger partial charge in [0.25, 0.3) is 0 Å². The van der Waals surface area contributed by atoms with Crippen molar-refractivity contribution in [2.24, 2.45) is 0 Å². The molecule has 0 bridgehead atoms. The average Bonchev–Trinajstić information content (AvgIpc) is 3.19. The van der Waals surface area contributed by atoms with Crippen LogP contribution in [0.15, 0.2) is 176 Å². The third-order valence-corrected chi connectivity index (χ3v) is 8.30. The third-order valence-electron chi connectivity index (χ3n) is 8.30. The summed E-state index contributed by atoms with van der Waals surface area (Å²) >= 11 is 0. The second-order valence-corrected chi connectivity index (χ2v) is 11.4. The van der Waals surface area contributed by atoms with Gasteiger partial charge >= 0.3 is 0 Å². The number of hydrogen-bond acceptors (Lipinski definition) is 5. The van der Waals surface area contributed by atoms with Crippen LogP contribution >= 0.6 is 0 Å². The van der Waals surface area contributed by atoms with Crippen molar-refractivity contribution in [2.75, 3.05) is 0 Å². The van der Waals surface area contributed by atoms with Gasteiger partial charge < -0.3 is 0 Å². The van der Waals surface area contributed by atoms with E-state index in [9.17, 15) is 0 Å². The summed E-state index contributed by atoms with van der Waals surface area (Å²) in [6.45, 7) is 0. The molecule has 0 aliphatic heterocycles. The summed E-state index contributed by atoms with van der Waals surface area (Å²) in [7, 11) is 0. The van der Waals surface area contributed by atoms with Crippen LogP contribution in [0.3, 0.4) is 0 Å². The van der Waals surface area contributed by atoms with Crippen LogP contribution in [0.1, 0.15) is 0 Å². The fourth-order valence-electron chi connectivity index (χ4n) is 5.69. The summed E-state index contributed by atoms with van der Waals surface area (Å²) < 4.78 is 0. The van der Waals surface area contributed by atoms with E-state index in [1.165, 1.54) is 5.56 Å². The van der Waals surface area contributed by atoms with Crippen LogP contribution in [0, 0.1) is 0 Å². The molecule has 0 amide bonds. The highest BCUT2D eigenvalue weighted by molar-refractivity contribution is 5.74. The van der Waals surface area contributed by atoms with E-state index < -0.39 is 0 Å². The number of hydrogen-bond donors (Lipinski definition) is 0. The largest absolute Gasteiger partial charge is 0.255 e. The zero-order valence-electron chi connectivity index (χ0n) is 26.0. The summed E-state index contributed by atoms with van der Waals surface area (Å²) in [5.74, 6) is 1.92. The topological polar surface area (TPSA) is 64.5 Å². The minimum absolute atomic E-state index is 0.634. The Morgan fingerprint density at radius 3 is 1.04 bits per heavy atom. The fraction of sp³-hybridized carbons (Fsp3) is 0. The van der Waals surface area contributed by atoms with Crippen molar-refractivity contribution in [1.82, 2.24) is 24.9 Å². The van der Waals surface area contributed by atoms with Crippen molar-refractivity contribution < 1.29 is 0 Å². The molecule has 0 fully saturated rings. The van der Waals surface area contributed by atoms with Gasteiger partial charge in [-0.1, -0.05) is 146 Å². The van der Waals surface area contributed by atoms with E-state index in [2.05, 4.69) is 113 Å². The van der Waals surface area contributed by atoms with Crippen molar-refractivity contribution >= 4 is 0 Å². The van der Waals surface area contributed by atoms with Gasteiger partial charge in [-0.25, -0.2) is 15.0 Å². The Bertz CT molecular complexity index is 2270. The molecule has 0 saturated carbocycles. The van der Waals surface area contributed by atoms with Crippen LogP contribution < -0.4 is 0 Å². The Morgan fingerprint density at radius 2 is 0.604 bits per heavy atom. The van der Waals surface area contributed by atoms with Crippen LogP contribution in [-0.4, -0.2) is 24.9 Å². The highest BCUT2D eigenvalue weighted by Gasteiger charge is 2.13. The van der Waals surface area contributed by atoms with E-state index in [4.69, 9.17) is 15.0 Å². The quantitative estimate of drug-likeness (QED) is 0.178. The van der Waals surface area contributed by atoms with Crippen molar-refractivity contribution in [3.8, 4) is 78.9 Å². The molecule has 5 nitrogen and oxygen atoms in total. The maximum atomic E-state index is 4.94. The molecule has 5 heteroatoms. The predicted octanol–water partition coefficient (Wildman–Crippen LogP) is 10.3. The molecule has 0 atom stereocenters. The van der Waals surface area contributed by atoms with Gasteiger partial charge in [0.15, 0.2) is 17.5 Å². The van der Waals surface area contributed by atoms with Gasteiger partial charge in [-0.2, -0.15) is 0 Å². The van der Waals surface area contributed by atoms with Crippen molar-refractivity contribution in [2.45, 2.75) is 0 Å². The van der Waals surface area contributed by atoms with Gasteiger partial charge in [0.2, 0.25) is 0 Å². The van der Waals surface area contributed by atoms with E-state index in [1.54, 1.807) is 6.20 Å². The van der Waals surface area contributed by atoms with Gasteiger partial charge in [0.1, 0.15) is 0 Å². The number of nitrogens with zero attached hydrogens (tertiary/aromatic N) is 5. The lowest BCUT2D eigenvalue weighted by Gasteiger charge is -2.10. The zero-order valence-corrected chi connectivity index (χ0v) is 26.0. The lowest BCUT2D eigenvalue weighted by molar-refractivity contribution is 1.07. The molecule has 8 aromatic rings. The molecule has 5 aromatic carbocycles. The maximum Gasteiger partial charge on any atom is 0.164 e. The van der Waals surface area contributed by atoms with Gasteiger partial charge in [-0.05, 0) is 46.0 Å². The Morgan fingerprint density at radius 1 is 0.250 bits per heavy atom. The third kappa shape index (κ3) is 6.13. The number of pyridine rings is 2. The molecular weight excluding hydrogens is 587 g/mol. The van der Waals surface area contributed by atoms with Crippen LogP contribution in [0.25, 0.3) is 78.9 Å². The van der Waals surface area contributed by atoms with Crippen molar-refractivity contribution in [3.63, 3.8) is 0 Å². The Labute approximate surface area is 279 Å². The summed E-state index contributed by atoms with van der Waals surface area (Å²) in [6.07, 6.45) is 3.68. The molecule has 3 heterocycles. The maximum absolute atomic E-state index is 4.94. The molecule has 0 radical (unpaired) electrons. The Kier molecular flexibility index (Phi) is 7.83. The van der Waals surface area contributed by atoms with E-state index in [-0.39, 0.29) is 0 Å². The number of aromatic nitrogens is 5. The first-order valence-corrected chi connectivity index (χ1v) is 15.8. The first-order valence-electron chi connectivity index (χ1n) is 15.8. The van der Waals surface area contributed by atoms with Crippen LogP contribution in [0.2, 0.25) is 0 Å². The highest BCUT2D eigenvalue weighted by Crippen LogP contribution is 2.30. The second-order valence-electron chi connectivity index (χ2n) is 11.4. The Hall–Kier alpha value is -6.59. The smallest absolute Gasteiger partial charge is 0.164 e. The summed E-state index contributed by atoms with van der Waals surface area (Å²) in [6, 6.07) is 55.7. The lowest BCUT2D eigenvalue weighted by Crippen LogP contribution is -2.00. The highest BCUT2D eigenvalue weighted by atomic mass is 15.0. The normalized spacial score (nSPS) is 10.9. The monoisotopic (exact) mass is 615 g/mol. The number of benzene rings is 5. The molecule has 8 rings (SSSR count). The lowest BCUT2D eigenvalue weighted by atomic mass is 10.00. The second kappa shape index (κ2) is 13.0. The van der Waals surface area contributed by atoms with Gasteiger partial charge in [0, 0.05) is 34.6 Å². The molecule has 3 aromatic heterocycles. The average molecular weight is 616 g/mol.